The van der Waals surface area contributed by atoms with Crippen molar-refractivity contribution in [3.63, 3.8) is 0 Å². The molecular formula is C12H16N2O4. The first kappa shape index (κ1) is 14.0. The zero-order valence-corrected chi connectivity index (χ0v) is 9.89. The van der Waals surface area contributed by atoms with E-state index in [4.69, 9.17) is 15.6 Å². The van der Waals surface area contributed by atoms with Gasteiger partial charge in [0.25, 0.3) is 0 Å². The van der Waals surface area contributed by atoms with E-state index in [1.54, 1.807) is 24.3 Å². The molecule has 0 fully saturated rings. The number of hydrogen-bond acceptors (Lipinski definition) is 4. The number of carbonyl (C=O) groups excluding carboxylic acids is 1. The van der Waals surface area contributed by atoms with Crippen molar-refractivity contribution >= 4 is 17.6 Å². The number of anilines is 1. The van der Waals surface area contributed by atoms with Crippen LogP contribution in [0.5, 0.6) is 5.75 Å². The van der Waals surface area contributed by atoms with E-state index in [1.807, 2.05) is 0 Å². The summed E-state index contributed by atoms with van der Waals surface area (Å²) in [6.45, 7) is 0.0948. The fourth-order valence-electron chi connectivity index (χ4n) is 1.27. The lowest BCUT2D eigenvalue weighted by Gasteiger charge is -2.06. The van der Waals surface area contributed by atoms with Gasteiger partial charge in [-0.3, -0.25) is 4.79 Å². The van der Waals surface area contributed by atoms with Crippen LogP contribution in [0, 0.1) is 0 Å². The third kappa shape index (κ3) is 5.31. The number of hydrogen-bond donors (Lipinski definition) is 3. The van der Waals surface area contributed by atoms with E-state index in [2.05, 4.69) is 5.32 Å². The summed E-state index contributed by atoms with van der Waals surface area (Å²) in [5.74, 6) is -0.689. The second-order valence-corrected chi connectivity index (χ2v) is 3.65. The molecule has 1 amide bonds. The van der Waals surface area contributed by atoms with Crippen LogP contribution in [0.4, 0.5) is 5.69 Å². The molecule has 98 valence electrons. The van der Waals surface area contributed by atoms with Gasteiger partial charge >= 0.3 is 5.97 Å². The number of aliphatic carboxylic acids is 1. The second kappa shape index (κ2) is 7.29. The van der Waals surface area contributed by atoms with Gasteiger partial charge in [0.1, 0.15) is 5.75 Å². The summed E-state index contributed by atoms with van der Waals surface area (Å²) in [7, 11) is 0. The predicted octanol–water partition coefficient (Wildman–Crippen LogP) is 0.827. The maximum Gasteiger partial charge on any atom is 0.341 e. The number of nitrogens with one attached hydrogen (secondary N) is 1. The predicted molar refractivity (Wildman–Crippen MR) is 66.5 cm³/mol. The molecule has 1 aromatic rings. The lowest BCUT2D eigenvalue weighted by Crippen LogP contribution is -2.13. The molecule has 6 heteroatoms. The number of amides is 1. The van der Waals surface area contributed by atoms with Crippen LogP contribution in [0.3, 0.4) is 0 Å². The highest BCUT2D eigenvalue weighted by Gasteiger charge is 2.02. The van der Waals surface area contributed by atoms with Crippen LogP contribution in [0.2, 0.25) is 0 Å². The summed E-state index contributed by atoms with van der Waals surface area (Å²) in [5.41, 5.74) is 5.94. The van der Waals surface area contributed by atoms with Gasteiger partial charge in [0.2, 0.25) is 5.91 Å². The molecule has 0 aliphatic heterocycles. The van der Waals surface area contributed by atoms with Gasteiger partial charge in [-0.2, -0.15) is 0 Å². The summed E-state index contributed by atoms with van der Waals surface area (Å²) < 4.78 is 4.96. The quantitative estimate of drug-likeness (QED) is 0.667. The van der Waals surface area contributed by atoms with E-state index in [0.29, 0.717) is 30.8 Å². The minimum Gasteiger partial charge on any atom is -0.482 e. The Bertz CT molecular complexity index is 403. The Morgan fingerprint density at radius 3 is 2.50 bits per heavy atom. The zero-order chi connectivity index (χ0) is 13.4. The van der Waals surface area contributed by atoms with Crippen molar-refractivity contribution in [3.8, 4) is 5.75 Å². The van der Waals surface area contributed by atoms with Crippen LogP contribution in [0.15, 0.2) is 24.3 Å². The highest BCUT2D eigenvalue weighted by atomic mass is 16.5. The Balaban J connectivity index is 2.44. The second-order valence-electron chi connectivity index (χ2n) is 3.65. The minimum absolute atomic E-state index is 0.0975. The van der Waals surface area contributed by atoms with E-state index in [-0.39, 0.29) is 12.5 Å². The molecular weight excluding hydrogens is 236 g/mol. The first-order chi connectivity index (χ1) is 8.61. The lowest BCUT2D eigenvalue weighted by atomic mass is 10.2. The van der Waals surface area contributed by atoms with Gasteiger partial charge in [-0.15, -0.1) is 0 Å². The smallest absolute Gasteiger partial charge is 0.341 e. The van der Waals surface area contributed by atoms with Crippen LogP contribution < -0.4 is 15.8 Å². The van der Waals surface area contributed by atoms with E-state index in [9.17, 15) is 9.59 Å². The van der Waals surface area contributed by atoms with Gasteiger partial charge in [-0.1, -0.05) is 0 Å². The Morgan fingerprint density at radius 2 is 1.94 bits per heavy atom. The summed E-state index contributed by atoms with van der Waals surface area (Å²) in [5, 5.41) is 11.1. The maximum absolute atomic E-state index is 11.4. The summed E-state index contributed by atoms with van der Waals surface area (Å²) in [6.07, 6.45) is 1.03. The third-order valence-corrected chi connectivity index (χ3v) is 2.11. The highest BCUT2D eigenvalue weighted by molar-refractivity contribution is 5.90. The Hall–Kier alpha value is -2.08. The van der Waals surface area contributed by atoms with Gasteiger partial charge in [0.05, 0.1) is 0 Å². The minimum atomic E-state index is -1.03. The van der Waals surface area contributed by atoms with Crippen LogP contribution in [0.1, 0.15) is 12.8 Å². The monoisotopic (exact) mass is 252 g/mol. The Kier molecular flexibility index (Phi) is 5.66. The molecule has 1 rings (SSSR count). The molecule has 0 heterocycles. The SMILES string of the molecule is NCCCC(=O)Nc1ccc(OCC(=O)O)cc1. The van der Waals surface area contributed by atoms with Crippen molar-refractivity contribution in [1.82, 2.24) is 0 Å². The number of benzene rings is 1. The fourth-order valence-corrected chi connectivity index (χ4v) is 1.27. The molecule has 0 aliphatic carbocycles. The number of ether oxygens (including phenoxy) is 1. The normalized spacial score (nSPS) is 9.83. The average molecular weight is 252 g/mol. The number of carbonyl (C=O) groups is 2. The zero-order valence-electron chi connectivity index (χ0n) is 9.89. The average Bonchev–Trinajstić information content (AvgIpc) is 2.35. The van der Waals surface area contributed by atoms with E-state index in [1.165, 1.54) is 0 Å². The number of nitrogens with two attached hydrogens (primary N) is 1. The molecule has 0 radical (unpaired) electrons. The van der Waals surface area contributed by atoms with Crippen molar-refractivity contribution in [1.29, 1.82) is 0 Å². The van der Waals surface area contributed by atoms with Gasteiger partial charge in [0, 0.05) is 12.1 Å². The molecule has 18 heavy (non-hydrogen) atoms. The van der Waals surface area contributed by atoms with Gasteiger partial charge in [0.15, 0.2) is 6.61 Å². The van der Waals surface area contributed by atoms with Crippen LogP contribution >= 0.6 is 0 Å². The molecule has 0 saturated heterocycles. The van der Waals surface area contributed by atoms with Gasteiger partial charge in [-0.05, 0) is 37.2 Å². The first-order valence-corrected chi connectivity index (χ1v) is 5.56. The molecule has 4 N–H and O–H groups in total. The van der Waals surface area contributed by atoms with E-state index in [0.717, 1.165) is 0 Å². The molecule has 6 nitrogen and oxygen atoms in total. The number of rotatable bonds is 7. The van der Waals surface area contributed by atoms with Crippen molar-refractivity contribution < 1.29 is 19.4 Å². The summed E-state index contributed by atoms with van der Waals surface area (Å²) in [4.78, 5) is 21.7. The molecule has 0 atom stereocenters. The number of carboxylic acids is 1. The largest absolute Gasteiger partial charge is 0.482 e. The van der Waals surface area contributed by atoms with Crippen LogP contribution in [-0.4, -0.2) is 30.1 Å². The highest BCUT2D eigenvalue weighted by Crippen LogP contribution is 2.15. The van der Waals surface area contributed by atoms with Crippen molar-refractivity contribution in [3.05, 3.63) is 24.3 Å². The molecule has 0 aromatic heterocycles. The van der Waals surface area contributed by atoms with Gasteiger partial charge in [-0.25, -0.2) is 4.79 Å². The summed E-state index contributed by atoms with van der Waals surface area (Å²) >= 11 is 0. The van der Waals surface area contributed by atoms with E-state index < -0.39 is 5.97 Å². The van der Waals surface area contributed by atoms with Gasteiger partial charge < -0.3 is 20.9 Å². The molecule has 0 spiro atoms. The van der Waals surface area contributed by atoms with Crippen molar-refractivity contribution in [2.24, 2.45) is 5.73 Å². The fraction of sp³-hybridized carbons (Fsp3) is 0.333. The molecule has 0 unspecified atom stereocenters. The first-order valence-electron chi connectivity index (χ1n) is 5.56. The van der Waals surface area contributed by atoms with Crippen molar-refractivity contribution in [2.45, 2.75) is 12.8 Å². The standard InChI is InChI=1S/C12H16N2O4/c13-7-1-2-11(15)14-9-3-5-10(6-4-9)18-8-12(16)17/h3-6H,1-2,7-8,13H2,(H,14,15)(H,16,17). The molecule has 0 aliphatic rings. The molecule has 0 saturated carbocycles. The van der Waals surface area contributed by atoms with Crippen LogP contribution in [-0.2, 0) is 9.59 Å². The van der Waals surface area contributed by atoms with Crippen molar-refractivity contribution in [2.75, 3.05) is 18.5 Å². The third-order valence-electron chi connectivity index (χ3n) is 2.11. The van der Waals surface area contributed by atoms with E-state index >= 15 is 0 Å². The van der Waals surface area contributed by atoms with Crippen LogP contribution in [0.25, 0.3) is 0 Å². The molecule has 1 aromatic carbocycles. The number of carboxylic acid groups (broad SMARTS) is 1. The maximum atomic E-state index is 11.4. The Morgan fingerprint density at radius 1 is 1.28 bits per heavy atom. The Labute approximate surface area is 105 Å². The summed E-state index contributed by atoms with van der Waals surface area (Å²) in [6, 6.07) is 6.50. The molecule has 0 bridgehead atoms. The lowest BCUT2D eigenvalue weighted by molar-refractivity contribution is -0.139. The topological polar surface area (TPSA) is 102 Å².